The number of carboxylic acids is 1. The molecule has 0 saturated carbocycles. The van der Waals surface area contributed by atoms with Crippen molar-refractivity contribution in [3.8, 4) is 0 Å². The summed E-state index contributed by atoms with van der Waals surface area (Å²) in [6.45, 7) is 5.03. The number of rotatable bonds is 3. The molecule has 1 aliphatic rings. The standard InChI is InChI=1S/C10H18N2O3/c1-7(2)11-10(15)12-4-3-8(6-12)5-9(13)14/h7-8H,3-6H2,1-2H3,(H,11,15)(H,13,14). The Bertz CT molecular complexity index is 253. The van der Waals surface area contributed by atoms with E-state index in [2.05, 4.69) is 5.32 Å². The van der Waals surface area contributed by atoms with E-state index < -0.39 is 5.97 Å². The van der Waals surface area contributed by atoms with Crippen LogP contribution >= 0.6 is 0 Å². The maximum Gasteiger partial charge on any atom is 0.317 e. The minimum Gasteiger partial charge on any atom is -0.481 e. The summed E-state index contributed by atoms with van der Waals surface area (Å²) >= 11 is 0. The Labute approximate surface area is 89.4 Å². The van der Waals surface area contributed by atoms with Crippen molar-refractivity contribution in [2.24, 2.45) is 5.92 Å². The Morgan fingerprint density at radius 1 is 1.53 bits per heavy atom. The normalized spacial score (nSPS) is 20.7. The molecule has 86 valence electrons. The number of nitrogens with zero attached hydrogens (tertiary/aromatic N) is 1. The maximum absolute atomic E-state index is 11.6. The summed E-state index contributed by atoms with van der Waals surface area (Å²) in [4.78, 5) is 23.7. The van der Waals surface area contributed by atoms with Crippen molar-refractivity contribution >= 4 is 12.0 Å². The van der Waals surface area contributed by atoms with Gasteiger partial charge in [-0.15, -0.1) is 0 Å². The summed E-state index contributed by atoms with van der Waals surface area (Å²) in [5, 5.41) is 11.4. The van der Waals surface area contributed by atoms with Crippen molar-refractivity contribution < 1.29 is 14.7 Å². The van der Waals surface area contributed by atoms with Crippen LogP contribution in [0, 0.1) is 5.92 Å². The molecule has 1 heterocycles. The van der Waals surface area contributed by atoms with Gasteiger partial charge in [-0.3, -0.25) is 4.79 Å². The number of likely N-dealkylation sites (tertiary alicyclic amines) is 1. The summed E-state index contributed by atoms with van der Waals surface area (Å²) < 4.78 is 0. The van der Waals surface area contributed by atoms with Crippen LogP contribution in [0.25, 0.3) is 0 Å². The number of carboxylic acid groups (broad SMARTS) is 1. The maximum atomic E-state index is 11.6. The predicted molar refractivity (Wildman–Crippen MR) is 55.6 cm³/mol. The third-order valence-electron chi connectivity index (χ3n) is 2.45. The molecule has 1 atom stereocenters. The van der Waals surface area contributed by atoms with Crippen molar-refractivity contribution in [2.45, 2.75) is 32.7 Å². The van der Waals surface area contributed by atoms with Gasteiger partial charge in [0.2, 0.25) is 0 Å². The van der Waals surface area contributed by atoms with Crippen LogP contribution in [0.4, 0.5) is 4.79 Å². The van der Waals surface area contributed by atoms with Gasteiger partial charge in [0.1, 0.15) is 0 Å². The van der Waals surface area contributed by atoms with Crippen molar-refractivity contribution in [1.82, 2.24) is 10.2 Å². The van der Waals surface area contributed by atoms with E-state index in [4.69, 9.17) is 5.11 Å². The molecule has 2 N–H and O–H groups in total. The number of hydrogen-bond acceptors (Lipinski definition) is 2. The smallest absolute Gasteiger partial charge is 0.317 e. The second-order valence-electron chi connectivity index (χ2n) is 4.30. The molecule has 5 nitrogen and oxygen atoms in total. The van der Waals surface area contributed by atoms with E-state index >= 15 is 0 Å². The van der Waals surface area contributed by atoms with Crippen LogP contribution in [-0.2, 0) is 4.79 Å². The first-order chi connectivity index (χ1) is 6.99. The average molecular weight is 214 g/mol. The van der Waals surface area contributed by atoms with Gasteiger partial charge in [-0.2, -0.15) is 0 Å². The highest BCUT2D eigenvalue weighted by Crippen LogP contribution is 2.19. The molecule has 0 radical (unpaired) electrons. The van der Waals surface area contributed by atoms with Crippen LogP contribution in [0.2, 0.25) is 0 Å². The van der Waals surface area contributed by atoms with Gasteiger partial charge in [-0.05, 0) is 26.2 Å². The summed E-state index contributed by atoms with van der Waals surface area (Å²) in [6.07, 6.45) is 0.948. The zero-order chi connectivity index (χ0) is 11.4. The van der Waals surface area contributed by atoms with Crippen molar-refractivity contribution in [3.63, 3.8) is 0 Å². The van der Waals surface area contributed by atoms with E-state index in [9.17, 15) is 9.59 Å². The Balaban J connectivity index is 2.35. The third kappa shape index (κ3) is 3.77. The number of carbonyl (C=O) groups is 2. The average Bonchev–Trinajstić information content (AvgIpc) is 2.50. The zero-order valence-corrected chi connectivity index (χ0v) is 9.19. The number of hydrogen-bond donors (Lipinski definition) is 2. The lowest BCUT2D eigenvalue weighted by Gasteiger charge is -2.18. The minimum absolute atomic E-state index is 0.0853. The Kier molecular flexibility index (Phi) is 3.94. The van der Waals surface area contributed by atoms with Crippen LogP contribution in [0.15, 0.2) is 0 Å². The second kappa shape index (κ2) is 5.00. The van der Waals surface area contributed by atoms with Crippen molar-refractivity contribution in [1.29, 1.82) is 0 Å². The minimum atomic E-state index is -0.786. The number of nitrogens with one attached hydrogen (secondary N) is 1. The fourth-order valence-electron chi connectivity index (χ4n) is 1.77. The summed E-state index contributed by atoms with van der Waals surface area (Å²) in [6, 6.07) is 0.0360. The van der Waals surface area contributed by atoms with E-state index in [0.717, 1.165) is 6.42 Å². The first kappa shape index (κ1) is 11.8. The van der Waals surface area contributed by atoms with Crippen LogP contribution in [-0.4, -0.2) is 41.1 Å². The largest absolute Gasteiger partial charge is 0.481 e. The Morgan fingerprint density at radius 3 is 2.73 bits per heavy atom. The van der Waals surface area contributed by atoms with E-state index in [1.807, 2.05) is 13.8 Å². The van der Waals surface area contributed by atoms with Crippen LogP contribution in [0.3, 0.4) is 0 Å². The summed E-state index contributed by atoms with van der Waals surface area (Å²) in [5.74, 6) is -0.675. The lowest BCUT2D eigenvalue weighted by Crippen LogP contribution is -2.41. The molecule has 1 saturated heterocycles. The monoisotopic (exact) mass is 214 g/mol. The quantitative estimate of drug-likeness (QED) is 0.733. The van der Waals surface area contributed by atoms with Crippen molar-refractivity contribution in [3.05, 3.63) is 0 Å². The SMILES string of the molecule is CC(C)NC(=O)N1CCC(CC(=O)O)C1. The van der Waals surface area contributed by atoms with Crippen molar-refractivity contribution in [2.75, 3.05) is 13.1 Å². The molecule has 1 rings (SSSR count). The van der Waals surface area contributed by atoms with Crippen LogP contribution in [0.5, 0.6) is 0 Å². The Hall–Kier alpha value is -1.26. The molecule has 1 unspecified atom stereocenters. The van der Waals surface area contributed by atoms with Gasteiger partial charge in [-0.25, -0.2) is 4.79 Å². The molecule has 0 aliphatic carbocycles. The first-order valence-corrected chi connectivity index (χ1v) is 5.26. The molecular formula is C10H18N2O3. The first-order valence-electron chi connectivity index (χ1n) is 5.26. The topological polar surface area (TPSA) is 69.6 Å². The molecule has 2 amide bonds. The molecule has 5 heteroatoms. The lowest BCUT2D eigenvalue weighted by molar-refractivity contribution is -0.138. The predicted octanol–water partition coefficient (Wildman–Crippen LogP) is 0.901. The van der Waals surface area contributed by atoms with E-state index in [0.29, 0.717) is 13.1 Å². The van der Waals surface area contributed by atoms with Crippen LogP contribution in [0.1, 0.15) is 26.7 Å². The molecule has 15 heavy (non-hydrogen) atoms. The highest BCUT2D eigenvalue weighted by Gasteiger charge is 2.27. The summed E-state index contributed by atoms with van der Waals surface area (Å²) in [5.41, 5.74) is 0. The second-order valence-corrected chi connectivity index (χ2v) is 4.30. The van der Waals surface area contributed by atoms with Crippen LogP contribution < -0.4 is 5.32 Å². The van der Waals surface area contributed by atoms with Gasteiger partial charge < -0.3 is 15.3 Å². The van der Waals surface area contributed by atoms with E-state index in [1.165, 1.54) is 0 Å². The van der Waals surface area contributed by atoms with Gasteiger partial charge in [0.05, 0.1) is 0 Å². The highest BCUT2D eigenvalue weighted by atomic mass is 16.4. The van der Waals surface area contributed by atoms with Gasteiger partial charge in [0.15, 0.2) is 0 Å². The van der Waals surface area contributed by atoms with Gasteiger partial charge in [0, 0.05) is 25.6 Å². The number of amides is 2. The highest BCUT2D eigenvalue weighted by molar-refractivity contribution is 5.75. The number of urea groups is 1. The molecule has 0 aromatic heterocycles. The van der Waals surface area contributed by atoms with Gasteiger partial charge >= 0.3 is 12.0 Å². The summed E-state index contributed by atoms with van der Waals surface area (Å²) in [7, 11) is 0. The number of carbonyl (C=O) groups excluding carboxylic acids is 1. The molecule has 0 aromatic rings. The molecule has 1 aliphatic heterocycles. The third-order valence-corrected chi connectivity index (χ3v) is 2.45. The molecular weight excluding hydrogens is 196 g/mol. The molecule has 0 bridgehead atoms. The van der Waals surface area contributed by atoms with E-state index in [1.54, 1.807) is 4.90 Å². The molecule has 0 spiro atoms. The molecule has 1 fully saturated rings. The lowest BCUT2D eigenvalue weighted by atomic mass is 10.1. The fourth-order valence-corrected chi connectivity index (χ4v) is 1.77. The van der Waals surface area contributed by atoms with E-state index in [-0.39, 0.29) is 24.4 Å². The Morgan fingerprint density at radius 2 is 2.20 bits per heavy atom. The van der Waals surface area contributed by atoms with Gasteiger partial charge in [0.25, 0.3) is 0 Å². The number of aliphatic carboxylic acids is 1. The van der Waals surface area contributed by atoms with Gasteiger partial charge in [-0.1, -0.05) is 0 Å². The fraction of sp³-hybridized carbons (Fsp3) is 0.800. The zero-order valence-electron chi connectivity index (χ0n) is 9.19. The molecule has 0 aromatic carbocycles.